The van der Waals surface area contributed by atoms with Gasteiger partial charge in [0.15, 0.2) is 0 Å². The summed E-state index contributed by atoms with van der Waals surface area (Å²) in [4.78, 5) is 13.2. The van der Waals surface area contributed by atoms with Gasteiger partial charge in [-0.1, -0.05) is 29.5 Å². The second kappa shape index (κ2) is 7.84. The Balaban J connectivity index is 1.91. The highest BCUT2D eigenvalue weighted by molar-refractivity contribution is 7.16. The normalized spacial score (nSPS) is 9.81. The topological polar surface area (TPSA) is 49.3 Å². The maximum atomic E-state index is 12.0. The van der Waals surface area contributed by atoms with E-state index < -0.39 is 0 Å². The van der Waals surface area contributed by atoms with Gasteiger partial charge in [0.2, 0.25) is 0 Å². The number of halogens is 1. The van der Waals surface area contributed by atoms with Crippen molar-refractivity contribution < 1.29 is 9.90 Å². The largest absolute Gasteiger partial charge is 0.384 e. The first kappa shape index (κ1) is 15.6. The number of amides is 1. The molecule has 0 saturated heterocycles. The molecule has 0 aliphatic heterocycles. The van der Waals surface area contributed by atoms with Gasteiger partial charge >= 0.3 is 0 Å². The number of thiophene rings is 1. The van der Waals surface area contributed by atoms with Crippen LogP contribution in [0.25, 0.3) is 0 Å². The standard InChI is InChI=1S/C16H14ClNO2S/c17-15-7-6-14(21-15)8-9-18-16(20)13-5-1-3-12(11-13)4-2-10-19/h1,3,5-7,11,19H,8-10H2,(H,18,20). The Kier molecular flexibility index (Phi) is 5.82. The van der Waals surface area contributed by atoms with Crippen molar-refractivity contribution in [3.8, 4) is 11.8 Å². The molecule has 2 N–H and O–H groups in total. The number of aliphatic hydroxyl groups excluding tert-OH is 1. The molecule has 108 valence electrons. The molecule has 21 heavy (non-hydrogen) atoms. The van der Waals surface area contributed by atoms with Gasteiger partial charge in [0.05, 0.1) is 4.34 Å². The van der Waals surface area contributed by atoms with Crippen LogP contribution in [-0.4, -0.2) is 24.2 Å². The summed E-state index contributed by atoms with van der Waals surface area (Å²) in [5.74, 6) is 5.21. The summed E-state index contributed by atoms with van der Waals surface area (Å²) < 4.78 is 0.756. The van der Waals surface area contributed by atoms with Gasteiger partial charge in [-0.05, 0) is 36.8 Å². The minimum absolute atomic E-state index is 0.134. The predicted molar refractivity (Wildman–Crippen MR) is 85.8 cm³/mol. The molecule has 1 amide bonds. The van der Waals surface area contributed by atoms with Crippen LogP contribution in [0.4, 0.5) is 0 Å². The maximum Gasteiger partial charge on any atom is 0.251 e. The third kappa shape index (κ3) is 4.91. The molecule has 0 spiro atoms. The van der Waals surface area contributed by atoms with E-state index in [-0.39, 0.29) is 12.5 Å². The fourth-order valence-corrected chi connectivity index (χ4v) is 2.85. The van der Waals surface area contributed by atoms with Crippen LogP contribution in [0.15, 0.2) is 36.4 Å². The summed E-state index contributed by atoms with van der Waals surface area (Å²) in [7, 11) is 0. The predicted octanol–water partition coefficient (Wildman–Crippen LogP) is 2.72. The van der Waals surface area contributed by atoms with Crippen molar-refractivity contribution in [1.29, 1.82) is 0 Å². The summed E-state index contributed by atoms with van der Waals surface area (Å²) in [6, 6.07) is 10.8. The number of hydrogen-bond acceptors (Lipinski definition) is 3. The molecular formula is C16H14ClNO2S. The van der Waals surface area contributed by atoms with Gasteiger partial charge in [0.25, 0.3) is 5.91 Å². The van der Waals surface area contributed by atoms with Crippen LogP contribution in [0, 0.1) is 11.8 Å². The molecule has 0 saturated carbocycles. The Morgan fingerprint density at radius 1 is 1.33 bits per heavy atom. The Bertz CT molecular complexity index is 685. The van der Waals surface area contributed by atoms with E-state index in [0.717, 1.165) is 15.6 Å². The van der Waals surface area contributed by atoms with Crippen molar-refractivity contribution in [3.05, 3.63) is 56.7 Å². The third-order valence-corrected chi connectivity index (χ3v) is 4.01. The zero-order chi connectivity index (χ0) is 15.1. The van der Waals surface area contributed by atoms with Gasteiger partial charge in [0.1, 0.15) is 6.61 Å². The lowest BCUT2D eigenvalue weighted by atomic mass is 10.1. The molecule has 2 aromatic rings. The highest BCUT2D eigenvalue weighted by Gasteiger charge is 2.05. The first-order valence-corrected chi connectivity index (χ1v) is 7.60. The highest BCUT2D eigenvalue weighted by atomic mass is 35.5. The van der Waals surface area contributed by atoms with Crippen molar-refractivity contribution in [1.82, 2.24) is 5.32 Å². The Morgan fingerprint density at radius 2 is 2.19 bits per heavy atom. The fourth-order valence-electron chi connectivity index (χ4n) is 1.77. The van der Waals surface area contributed by atoms with Crippen LogP contribution in [0.3, 0.4) is 0 Å². The number of aliphatic hydroxyl groups is 1. The molecule has 0 atom stereocenters. The lowest BCUT2D eigenvalue weighted by molar-refractivity contribution is 0.0954. The SMILES string of the molecule is O=C(NCCc1ccc(Cl)s1)c1cccc(C#CCO)c1. The van der Waals surface area contributed by atoms with Gasteiger partial charge in [0, 0.05) is 22.5 Å². The van der Waals surface area contributed by atoms with Crippen LogP contribution >= 0.6 is 22.9 Å². The molecule has 5 heteroatoms. The quantitative estimate of drug-likeness (QED) is 0.851. The van der Waals surface area contributed by atoms with E-state index >= 15 is 0 Å². The van der Waals surface area contributed by atoms with Gasteiger partial charge in [-0.25, -0.2) is 0 Å². The average molecular weight is 320 g/mol. The zero-order valence-electron chi connectivity index (χ0n) is 11.2. The zero-order valence-corrected chi connectivity index (χ0v) is 12.8. The van der Waals surface area contributed by atoms with E-state index in [0.29, 0.717) is 17.7 Å². The Morgan fingerprint density at radius 3 is 2.90 bits per heavy atom. The average Bonchev–Trinajstić information content (AvgIpc) is 2.91. The summed E-state index contributed by atoms with van der Waals surface area (Å²) in [5, 5.41) is 11.5. The second-order valence-corrected chi connectivity index (χ2v) is 6.05. The van der Waals surface area contributed by atoms with Gasteiger partial charge < -0.3 is 10.4 Å². The lowest BCUT2D eigenvalue weighted by Crippen LogP contribution is -2.25. The molecule has 0 fully saturated rings. The van der Waals surface area contributed by atoms with Crippen LogP contribution in [0.5, 0.6) is 0 Å². The molecule has 1 aromatic heterocycles. The summed E-state index contributed by atoms with van der Waals surface area (Å²) in [6.07, 6.45) is 0.757. The number of hydrogen-bond donors (Lipinski definition) is 2. The van der Waals surface area contributed by atoms with Crippen LogP contribution < -0.4 is 5.32 Å². The number of benzene rings is 1. The van der Waals surface area contributed by atoms with Crippen molar-refractivity contribution in [2.45, 2.75) is 6.42 Å². The lowest BCUT2D eigenvalue weighted by Gasteiger charge is -2.04. The van der Waals surface area contributed by atoms with Crippen molar-refractivity contribution in [3.63, 3.8) is 0 Å². The van der Waals surface area contributed by atoms with E-state index in [1.54, 1.807) is 24.3 Å². The minimum atomic E-state index is -0.195. The summed E-state index contributed by atoms with van der Waals surface area (Å²) in [6.45, 7) is 0.363. The van der Waals surface area contributed by atoms with E-state index in [1.807, 2.05) is 12.1 Å². The molecule has 2 rings (SSSR count). The smallest absolute Gasteiger partial charge is 0.251 e. The van der Waals surface area contributed by atoms with E-state index in [4.69, 9.17) is 16.7 Å². The molecular weight excluding hydrogens is 306 g/mol. The van der Waals surface area contributed by atoms with E-state index in [2.05, 4.69) is 17.2 Å². The molecule has 0 aliphatic rings. The number of nitrogens with one attached hydrogen (secondary N) is 1. The van der Waals surface area contributed by atoms with E-state index in [9.17, 15) is 4.79 Å². The monoisotopic (exact) mass is 319 g/mol. The second-order valence-electron chi connectivity index (χ2n) is 4.25. The first-order valence-electron chi connectivity index (χ1n) is 6.41. The maximum absolute atomic E-state index is 12.0. The van der Waals surface area contributed by atoms with Crippen molar-refractivity contribution in [2.75, 3.05) is 13.2 Å². The first-order chi connectivity index (χ1) is 10.2. The number of carbonyl (C=O) groups is 1. The molecule has 0 unspecified atom stereocenters. The molecule has 0 radical (unpaired) electrons. The molecule has 1 heterocycles. The Hall–Kier alpha value is -1.80. The van der Waals surface area contributed by atoms with Crippen LogP contribution in [-0.2, 0) is 6.42 Å². The van der Waals surface area contributed by atoms with Crippen LogP contribution in [0.1, 0.15) is 20.8 Å². The molecule has 3 nitrogen and oxygen atoms in total. The number of rotatable bonds is 4. The Labute approximate surface area is 132 Å². The van der Waals surface area contributed by atoms with Crippen molar-refractivity contribution in [2.24, 2.45) is 0 Å². The molecule has 0 aliphatic carbocycles. The van der Waals surface area contributed by atoms with Gasteiger partial charge in [-0.2, -0.15) is 0 Å². The summed E-state index contributed by atoms with van der Waals surface area (Å²) >= 11 is 7.38. The van der Waals surface area contributed by atoms with Gasteiger partial charge in [-0.3, -0.25) is 4.79 Å². The molecule has 0 bridgehead atoms. The fraction of sp³-hybridized carbons (Fsp3) is 0.188. The number of carbonyl (C=O) groups excluding carboxylic acids is 1. The highest BCUT2D eigenvalue weighted by Crippen LogP contribution is 2.21. The molecule has 1 aromatic carbocycles. The van der Waals surface area contributed by atoms with E-state index in [1.165, 1.54) is 11.3 Å². The third-order valence-electron chi connectivity index (χ3n) is 2.72. The minimum Gasteiger partial charge on any atom is -0.384 e. The van der Waals surface area contributed by atoms with Gasteiger partial charge in [-0.15, -0.1) is 11.3 Å². The summed E-state index contributed by atoms with van der Waals surface area (Å²) in [5.41, 5.74) is 1.27. The van der Waals surface area contributed by atoms with Crippen LogP contribution in [0.2, 0.25) is 4.34 Å². The van der Waals surface area contributed by atoms with Crippen molar-refractivity contribution >= 4 is 28.8 Å².